The second kappa shape index (κ2) is 5.43. The van der Waals surface area contributed by atoms with Crippen LogP contribution in [0.5, 0.6) is 0 Å². The molecule has 0 aromatic carbocycles. The van der Waals surface area contributed by atoms with Crippen LogP contribution in [0.4, 0.5) is 0 Å². The average Bonchev–Trinajstić information content (AvgIpc) is 2.18. The van der Waals surface area contributed by atoms with E-state index in [1.54, 1.807) is 18.3 Å². The molecule has 1 nitrogen and oxygen atoms in total. The molecule has 0 bridgehead atoms. The van der Waals surface area contributed by atoms with Crippen LogP contribution in [0.3, 0.4) is 0 Å². The Morgan fingerprint density at radius 2 is 2.15 bits per heavy atom. The molecule has 1 atom stereocenters. The summed E-state index contributed by atoms with van der Waals surface area (Å²) in [6, 6.07) is 0. The fraction of sp³-hybridized carbons (Fsp3) is 0.833. The van der Waals surface area contributed by atoms with Crippen molar-refractivity contribution < 1.29 is 4.74 Å². The molecule has 0 amide bonds. The first kappa shape index (κ1) is 10.8. The van der Waals surface area contributed by atoms with Crippen LogP contribution < -0.4 is 0 Å². The Hall–Kier alpha value is -0.300. The molecule has 0 aliphatic heterocycles. The van der Waals surface area contributed by atoms with Gasteiger partial charge in [0, 0.05) is 7.11 Å². The van der Waals surface area contributed by atoms with Gasteiger partial charge in [0.15, 0.2) is 0 Å². The van der Waals surface area contributed by atoms with Crippen molar-refractivity contribution in [2.45, 2.75) is 46.0 Å². The summed E-state index contributed by atoms with van der Waals surface area (Å²) in [5.74, 6) is 0.851. The highest BCUT2D eigenvalue weighted by atomic mass is 16.5. The first-order valence-electron chi connectivity index (χ1n) is 5.53. The molecule has 0 aromatic heterocycles. The molecule has 0 radical (unpaired) electrons. The van der Waals surface area contributed by atoms with Crippen molar-refractivity contribution in [2.75, 3.05) is 13.7 Å². The number of methoxy groups -OCH3 is 1. The van der Waals surface area contributed by atoms with E-state index in [1.165, 1.54) is 32.1 Å². The van der Waals surface area contributed by atoms with Crippen LogP contribution >= 0.6 is 0 Å². The standard InChI is InChI=1S/C12H22O/c1-4-10-7-6-8-11(9-13-3)12(10)5-2/h10H,4-9H2,1-3H3/t10-/m1/s1. The Morgan fingerprint density at radius 1 is 1.38 bits per heavy atom. The van der Waals surface area contributed by atoms with E-state index in [-0.39, 0.29) is 0 Å². The van der Waals surface area contributed by atoms with E-state index in [0.29, 0.717) is 0 Å². The summed E-state index contributed by atoms with van der Waals surface area (Å²) in [6.07, 6.45) is 6.55. The van der Waals surface area contributed by atoms with Crippen molar-refractivity contribution in [1.29, 1.82) is 0 Å². The largest absolute Gasteiger partial charge is 0.380 e. The monoisotopic (exact) mass is 182 g/mol. The van der Waals surface area contributed by atoms with Gasteiger partial charge in [-0.25, -0.2) is 0 Å². The summed E-state index contributed by atoms with van der Waals surface area (Å²) < 4.78 is 5.25. The molecule has 0 spiro atoms. The Balaban J connectivity index is 2.75. The summed E-state index contributed by atoms with van der Waals surface area (Å²) in [6.45, 7) is 5.44. The quantitative estimate of drug-likeness (QED) is 0.604. The van der Waals surface area contributed by atoms with Gasteiger partial charge in [-0.15, -0.1) is 0 Å². The zero-order valence-corrected chi connectivity index (χ0v) is 9.23. The maximum absolute atomic E-state index is 5.25. The number of hydrogen-bond acceptors (Lipinski definition) is 1. The molecule has 0 N–H and O–H groups in total. The van der Waals surface area contributed by atoms with Gasteiger partial charge in [-0.1, -0.05) is 19.4 Å². The molecular weight excluding hydrogens is 160 g/mol. The lowest BCUT2D eigenvalue weighted by Gasteiger charge is -2.27. The molecule has 76 valence electrons. The zero-order chi connectivity index (χ0) is 9.68. The van der Waals surface area contributed by atoms with Crippen LogP contribution in [0, 0.1) is 5.92 Å². The molecule has 1 aliphatic rings. The Kier molecular flexibility index (Phi) is 4.51. The van der Waals surface area contributed by atoms with Gasteiger partial charge in [-0.3, -0.25) is 0 Å². The third-order valence-corrected chi connectivity index (χ3v) is 3.17. The fourth-order valence-corrected chi connectivity index (χ4v) is 2.51. The summed E-state index contributed by atoms with van der Waals surface area (Å²) in [5.41, 5.74) is 3.28. The van der Waals surface area contributed by atoms with Crippen molar-refractivity contribution in [3.05, 3.63) is 11.1 Å². The predicted octanol–water partition coefficient (Wildman–Crippen LogP) is 3.55. The van der Waals surface area contributed by atoms with Gasteiger partial charge in [0.05, 0.1) is 6.61 Å². The van der Waals surface area contributed by atoms with Crippen LogP contribution in [0.2, 0.25) is 0 Å². The van der Waals surface area contributed by atoms with Gasteiger partial charge in [0.1, 0.15) is 0 Å². The van der Waals surface area contributed by atoms with E-state index >= 15 is 0 Å². The molecule has 0 fully saturated rings. The highest BCUT2D eigenvalue weighted by Gasteiger charge is 2.19. The van der Waals surface area contributed by atoms with Crippen LogP contribution in [-0.2, 0) is 4.74 Å². The van der Waals surface area contributed by atoms with E-state index < -0.39 is 0 Å². The van der Waals surface area contributed by atoms with E-state index in [0.717, 1.165) is 12.5 Å². The highest BCUT2D eigenvalue weighted by molar-refractivity contribution is 5.20. The van der Waals surface area contributed by atoms with E-state index in [1.807, 2.05) is 0 Å². The molecule has 0 heterocycles. The SMILES string of the molecule is CCC1=C(COC)CCC[C@H]1CC. The lowest BCUT2D eigenvalue weighted by molar-refractivity contribution is 0.217. The van der Waals surface area contributed by atoms with E-state index in [4.69, 9.17) is 4.74 Å². The Morgan fingerprint density at radius 3 is 2.69 bits per heavy atom. The van der Waals surface area contributed by atoms with Crippen molar-refractivity contribution in [1.82, 2.24) is 0 Å². The van der Waals surface area contributed by atoms with E-state index in [2.05, 4.69) is 13.8 Å². The van der Waals surface area contributed by atoms with Gasteiger partial charge in [-0.05, 0) is 43.6 Å². The molecule has 0 saturated heterocycles. The predicted molar refractivity (Wildman–Crippen MR) is 56.8 cm³/mol. The van der Waals surface area contributed by atoms with Crippen molar-refractivity contribution in [3.63, 3.8) is 0 Å². The molecule has 1 rings (SSSR count). The van der Waals surface area contributed by atoms with Crippen LogP contribution in [0.1, 0.15) is 46.0 Å². The average molecular weight is 182 g/mol. The normalized spacial score (nSPS) is 23.8. The van der Waals surface area contributed by atoms with E-state index in [9.17, 15) is 0 Å². The molecular formula is C12H22O. The summed E-state index contributed by atoms with van der Waals surface area (Å²) in [7, 11) is 1.80. The molecule has 0 unspecified atom stereocenters. The molecule has 0 aromatic rings. The summed E-state index contributed by atoms with van der Waals surface area (Å²) >= 11 is 0. The minimum atomic E-state index is 0.851. The Bertz CT molecular complexity index is 182. The smallest absolute Gasteiger partial charge is 0.0675 e. The Labute approximate surface area is 82.2 Å². The van der Waals surface area contributed by atoms with Crippen molar-refractivity contribution in [3.8, 4) is 0 Å². The van der Waals surface area contributed by atoms with Gasteiger partial charge in [-0.2, -0.15) is 0 Å². The van der Waals surface area contributed by atoms with Gasteiger partial charge >= 0.3 is 0 Å². The lowest BCUT2D eigenvalue weighted by atomic mass is 9.80. The number of ether oxygens (including phenoxy) is 1. The third-order valence-electron chi connectivity index (χ3n) is 3.17. The number of allylic oxidation sites excluding steroid dienone is 1. The molecule has 13 heavy (non-hydrogen) atoms. The van der Waals surface area contributed by atoms with Gasteiger partial charge in [0.25, 0.3) is 0 Å². The maximum Gasteiger partial charge on any atom is 0.0675 e. The molecule has 1 heteroatoms. The van der Waals surface area contributed by atoms with Crippen molar-refractivity contribution in [2.24, 2.45) is 5.92 Å². The first-order chi connectivity index (χ1) is 6.33. The number of rotatable bonds is 4. The second-order valence-corrected chi connectivity index (χ2v) is 3.91. The zero-order valence-electron chi connectivity index (χ0n) is 9.23. The van der Waals surface area contributed by atoms with Crippen LogP contribution in [0.25, 0.3) is 0 Å². The summed E-state index contributed by atoms with van der Waals surface area (Å²) in [5, 5.41) is 0. The van der Waals surface area contributed by atoms with Crippen LogP contribution in [0.15, 0.2) is 11.1 Å². The van der Waals surface area contributed by atoms with Crippen LogP contribution in [-0.4, -0.2) is 13.7 Å². The third kappa shape index (κ3) is 2.57. The first-order valence-corrected chi connectivity index (χ1v) is 5.53. The molecule has 1 aliphatic carbocycles. The van der Waals surface area contributed by atoms with Gasteiger partial charge < -0.3 is 4.74 Å². The lowest BCUT2D eigenvalue weighted by Crippen LogP contribution is -2.14. The highest BCUT2D eigenvalue weighted by Crippen LogP contribution is 2.34. The molecule has 0 saturated carbocycles. The number of hydrogen-bond donors (Lipinski definition) is 0. The minimum Gasteiger partial charge on any atom is -0.380 e. The maximum atomic E-state index is 5.25. The fourth-order valence-electron chi connectivity index (χ4n) is 2.51. The van der Waals surface area contributed by atoms with Gasteiger partial charge in [0.2, 0.25) is 0 Å². The topological polar surface area (TPSA) is 9.23 Å². The summed E-state index contributed by atoms with van der Waals surface area (Å²) in [4.78, 5) is 0. The second-order valence-electron chi connectivity index (χ2n) is 3.91. The minimum absolute atomic E-state index is 0.851. The van der Waals surface area contributed by atoms with Crippen molar-refractivity contribution >= 4 is 0 Å².